The van der Waals surface area contributed by atoms with E-state index in [0.29, 0.717) is 12.2 Å². The number of hydrogen-bond donors (Lipinski definition) is 3. The molecular weight excluding hydrogens is 278 g/mol. The van der Waals surface area contributed by atoms with Crippen molar-refractivity contribution in [2.75, 3.05) is 11.9 Å². The Morgan fingerprint density at radius 3 is 2.59 bits per heavy atom. The van der Waals surface area contributed by atoms with Gasteiger partial charge in [0.2, 0.25) is 0 Å². The van der Waals surface area contributed by atoms with E-state index >= 15 is 0 Å². The van der Waals surface area contributed by atoms with Gasteiger partial charge in [-0.05, 0) is 43.5 Å². The van der Waals surface area contributed by atoms with Crippen LogP contribution in [0.1, 0.15) is 16.8 Å². The van der Waals surface area contributed by atoms with Crippen LogP contribution in [0, 0.1) is 13.8 Å². The molecule has 1 atom stereocenters. The molecule has 2 aromatic rings. The van der Waals surface area contributed by atoms with E-state index in [2.05, 4.69) is 15.6 Å². The van der Waals surface area contributed by atoms with E-state index in [0.717, 1.165) is 16.8 Å². The predicted octanol–water partition coefficient (Wildman–Crippen LogP) is 2.42. The van der Waals surface area contributed by atoms with Crippen molar-refractivity contribution in [3.63, 3.8) is 0 Å². The second-order valence-electron chi connectivity index (χ2n) is 5.34. The highest BCUT2D eigenvalue weighted by Gasteiger charge is 2.12. The van der Waals surface area contributed by atoms with E-state index < -0.39 is 0 Å². The SMILES string of the molecule is Cc1cc(C)nc(NC(=O)N[C@@H](CO)Cc2ccccc2)c1. The molecule has 0 bridgehead atoms. The minimum Gasteiger partial charge on any atom is -0.394 e. The minimum atomic E-state index is -0.368. The summed E-state index contributed by atoms with van der Waals surface area (Å²) in [6.07, 6.45) is 0.574. The Hall–Kier alpha value is -2.40. The van der Waals surface area contributed by atoms with Gasteiger partial charge in [-0.2, -0.15) is 0 Å². The summed E-state index contributed by atoms with van der Waals surface area (Å²) in [5.74, 6) is 0.506. The summed E-state index contributed by atoms with van der Waals surface area (Å²) in [4.78, 5) is 16.3. The highest BCUT2D eigenvalue weighted by Crippen LogP contribution is 2.09. The maximum absolute atomic E-state index is 12.0. The number of aliphatic hydroxyl groups is 1. The minimum absolute atomic E-state index is 0.122. The van der Waals surface area contributed by atoms with Crippen LogP contribution in [0.5, 0.6) is 0 Å². The van der Waals surface area contributed by atoms with Crippen LogP contribution in [-0.4, -0.2) is 28.8 Å². The third kappa shape index (κ3) is 4.86. The number of anilines is 1. The predicted molar refractivity (Wildman–Crippen MR) is 86.9 cm³/mol. The second-order valence-corrected chi connectivity index (χ2v) is 5.34. The van der Waals surface area contributed by atoms with Gasteiger partial charge in [-0.1, -0.05) is 30.3 Å². The molecule has 5 heteroatoms. The van der Waals surface area contributed by atoms with Gasteiger partial charge >= 0.3 is 6.03 Å². The highest BCUT2D eigenvalue weighted by molar-refractivity contribution is 5.88. The normalized spacial score (nSPS) is 11.8. The number of carbonyl (C=O) groups excluding carboxylic acids is 1. The average Bonchev–Trinajstić information content (AvgIpc) is 2.46. The zero-order valence-electron chi connectivity index (χ0n) is 12.8. The topological polar surface area (TPSA) is 74.2 Å². The lowest BCUT2D eigenvalue weighted by molar-refractivity contribution is 0.224. The smallest absolute Gasteiger partial charge is 0.320 e. The van der Waals surface area contributed by atoms with Crippen molar-refractivity contribution in [1.82, 2.24) is 10.3 Å². The number of rotatable bonds is 5. The molecule has 5 nitrogen and oxygen atoms in total. The summed E-state index contributed by atoms with van der Waals surface area (Å²) >= 11 is 0. The number of aryl methyl sites for hydroxylation is 2. The van der Waals surface area contributed by atoms with Crippen LogP contribution in [-0.2, 0) is 6.42 Å². The fourth-order valence-electron chi connectivity index (χ4n) is 2.30. The van der Waals surface area contributed by atoms with Crippen molar-refractivity contribution in [2.24, 2.45) is 0 Å². The lowest BCUT2D eigenvalue weighted by Crippen LogP contribution is -2.41. The Morgan fingerprint density at radius 1 is 1.23 bits per heavy atom. The van der Waals surface area contributed by atoms with E-state index in [4.69, 9.17) is 0 Å². The maximum atomic E-state index is 12.0. The van der Waals surface area contributed by atoms with Gasteiger partial charge in [-0.25, -0.2) is 9.78 Å². The number of nitrogens with one attached hydrogen (secondary N) is 2. The van der Waals surface area contributed by atoms with Gasteiger partial charge in [0, 0.05) is 5.69 Å². The van der Waals surface area contributed by atoms with Crippen LogP contribution in [0.25, 0.3) is 0 Å². The van der Waals surface area contributed by atoms with E-state index in [1.165, 1.54) is 0 Å². The Morgan fingerprint density at radius 2 is 1.95 bits per heavy atom. The average molecular weight is 299 g/mol. The van der Waals surface area contributed by atoms with Gasteiger partial charge in [0.15, 0.2) is 0 Å². The number of carbonyl (C=O) groups is 1. The van der Waals surface area contributed by atoms with E-state index in [9.17, 15) is 9.90 Å². The standard InChI is InChI=1S/C17H21N3O2/c1-12-8-13(2)18-16(9-12)20-17(22)19-15(11-21)10-14-6-4-3-5-7-14/h3-9,15,21H,10-11H2,1-2H3,(H2,18,19,20,22)/t15-/m1/s1. The second kappa shape index (κ2) is 7.56. The van der Waals surface area contributed by atoms with Crippen LogP contribution in [0.15, 0.2) is 42.5 Å². The van der Waals surface area contributed by atoms with Gasteiger partial charge in [0.25, 0.3) is 0 Å². The maximum Gasteiger partial charge on any atom is 0.320 e. The molecule has 0 unspecified atom stereocenters. The fourth-order valence-corrected chi connectivity index (χ4v) is 2.30. The Balaban J connectivity index is 1.94. The molecule has 0 saturated heterocycles. The first-order valence-electron chi connectivity index (χ1n) is 7.24. The molecule has 1 aromatic heterocycles. The summed E-state index contributed by atoms with van der Waals surface area (Å²) in [7, 11) is 0. The zero-order valence-corrected chi connectivity index (χ0v) is 12.8. The summed E-state index contributed by atoms with van der Waals surface area (Å²) in [6.45, 7) is 3.70. The zero-order chi connectivity index (χ0) is 15.9. The number of hydrogen-bond acceptors (Lipinski definition) is 3. The molecule has 2 amide bonds. The molecule has 2 rings (SSSR count). The first kappa shape index (κ1) is 16.0. The summed E-state index contributed by atoms with van der Waals surface area (Å²) in [5, 5.41) is 14.9. The highest BCUT2D eigenvalue weighted by atomic mass is 16.3. The largest absolute Gasteiger partial charge is 0.394 e. The number of pyridine rings is 1. The first-order chi connectivity index (χ1) is 10.6. The summed E-state index contributed by atoms with van der Waals surface area (Å²) < 4.78 is 0. The molecule has 0 aliphatic rings. The van der Waals surface area contributed by atoms with Crippen LogP contribution in [0.2, 0.25) is 0 Å². The number of urea groups is 1. The molecule has 1 heterocycles. The first-order valence-corrected chi connectivity index (χ1v) is 7.24. The van der Waals surface area contributed by atoms with Gasteiger partial charge in [0.1, 0.15) is 5.82 Å². The number of amides is 2. The Kier molecular flexibility index (Phi) is 5.49. The third-order valence-corrected chi connectivity index (χ3v) is 3.22. The van der Waals surface area contributed by atoms with E-state index in [1.807, 2.05) is 50.2 Å². The number of aliphatic hydroxyl groups excluding tert-OH is 1. The third-order valence-electron chi connectivity index (χ3n) is 3.22. The lowest BCUT2D eigenvalue weighted by Gasteiger charge is -2.17. The molecule has 0 spiro atoms. The van der Waals surface area contributed by atoms with Gasteiger partial charge in [-0.15, -0.1) is 0 Å². The van der Waals surface area contributed by atoms with Crippen LogP contribution in [0.4, 0.5) is 10.6 Å². The molecule has 0 aliphatic carbocycles. The Labute approximate surface area is 130 Å². The van der Waals surface area contributed by atoms with Gasteiger partial charge in [0.05, 0.1) is 12.6 Å². The number of nitrogens with zero attached hydrogens (tertiary/aromatic N) is 1. The molecule has 0 fully saturated rings. The van der Waals surface area contributed by atoms with Crippen LogP contribution >= 0.6 is 0 Å². The molecule has 116 valence electrons. The molecule has 0 radical (unpaired) electrons. The van der Waals surface area contributed by atoms with Crippen molar-refractivity contribution < 1.29 is 9.90 Å². The molecule has 0 aliphatic heterocycles. The van der Waals surface area contributed by atoms with E-state index in [1.54, 1.807) is 6.07 Å². The fraction of sp³-hybridized carbons (Fsp3) is 0.294. The van der Waals surface area contributed by atoms with Crippen molar-refractivity contribution in [3.8, 4) is 0 Å². The van der Waals surface area contributed by atoms with Crippen LogP contribution < -0.4 is 10.6 Å². The molecule has 1 aromatic carbocycles. The molecule has 3 N–H and O–H groups in total. The monoisotopic (exact) mass is 299 g/mol. The molecular formula is C17H21N3O2. The van der Waals surface area contributed by atoms with Crippen LogP contribution in [0.3, 0.4) is 0 Å². The number of aromatic nitrogens is 1. The molecule has 22 heavy (non-hydrogen) atoms. The quantitative estimate of drug-likeness (QED) is 0.794. The molecule has 0 saturated carbocycles. The summed E-state index contributed by atoms with van der Waals surface area (Å²) in [6, 6.07) is 12.8. The van der Waals surface area contributed by atoms with Crippen molar-refractivity contribution in [3.05, 3.63) is 59.3 Å². The van der Waals surface area contributed by atoms with Gasteiger partial charge < -0.3 is 10.4 Å². The van der Waals surface area contributed by atoms with Crippen molar-refractivity contribution >= 4 is 11.8 Å². The van der Waals surface area contributed by atoms with Gasteiger partial charge in [-0.3, -0.25) is 5.32 Å². The summed E-state index contributed by atoms with van der Waals surface area (Å²) in [5.41, 5.74) is 2.94. The Bertz CT molecular complexity index is 609. The van der Waals surface area contributed by atoms with Crippen molar-refractivity contribution in [1.29, 1.82) is 0 Å². The lowest BCUT2D eigenvalue weighted by atomic mass is 10.1. The van der Waals surface area contributed by atoms with E-state index in [-0.39, 0.29) is 18.7 Å². The number of benzene rings is 1. The van der Waals surface area contributed by atoms with Crippen molar-refractivity contribution in [2.45, 2.75) is 26.3 Å².